The number of rotatable bonds is 78. The number of hydrogen-bond donors (Lipinski definition) is 3. The third-order valence-corrected chi connectivity index (χ3v) is 19.6. The molecule has 0 saturated heterocycles. The molecular weight excluding hydrogens is 1080 g/mol. The van der Waals surface area contributed by atoms with E-state index < -0.39 is 12.1 Å². The van der Waals surface area contributed by atoms with Gasteiger partial charge in [-0.15, -0.1) is 0 Å². The van der Waals surface area contributed by atoms with Crippen LogP contribution in [0.15, 0.2) is 12.2 Å². The summed E-state index contributed by atoms with van der Waals surface area (Å²) in [5.74, 6) is 0.000385. The lowest BCUT2D eigenvalue weighted by atomic mass is 10.0. The highest BCUT2D eigenvalue weighted by Crippen LogP contribution is 2.21. The van der Waals surface area contributed by atoms with Crippen molar-refractivity contribution < 1.29 is 24.5 Å². The first-order chi connectivity index (χ1) is 43.5. The van der Waals surface area contributed by atoms with Gasteiger partial charge < -0.3 is 20.3 Å². The Balaban J connectivity index is 3.31. The predicted octanol–water partition coefficient (Wildman–Crippen LogP) is 27.1. The number of allylic oxidation sites excluding steroid dienone is 2. The Bertz CT molecular complexity index is 1340. The lowest BCUT2D eigenvalue weighted by molar-refractivity contribution is -0.143. The molecule has 0 heterocycles. The van der Waals surface area contributed by atoms with Crippen LogP contribution in [-0.4, -0.2) is 47.4 Å². The van der Waals surface area contributed by atoms with E-state index in [-0.39, 0.29) is 18.5 Å². The summed E-state index contributed by atoms with van der Waals surface area (Å²) in [4.78, 5) is 24.6. The van der Waals surface area contributed by atoms with Gasteiger partial charge in [0.1, 0.15) is 0 Å². The minimum Gasteiger partial charge on any atom is -0.466 e. The summed E-state index contributed by atoms with van der Waals surface area (Å²) >= 11 is 0. The van der Waals surface area contributed by atoms with Crippen molar-refractivity contribution in [1.82, 2.24) is 5.32 Å². The minimum atomic E-state index is -0.661. The molecule has 3 N–H and O–H groups in total. The van der Waals surface area contributed by atoms with E-state index in [9.17, 15) is 19.8 Å². The summed E-state index contributed by atoms with van der Waals surface area (Å²) in [5, 5.41) is 23.4. The van der Waals surface area contributed by atoms with Crippen molar-refractivity contribution in [3.8, 4) is 0 Å². The van der Waals surface area contributed by atoms with Gasteiger partial charge in [0.2, 0.25) is 5.91 Å². The van der Waals surface area contributed by atoms with Crippen LogP contribution in [0, 0.1) is 0 Å². The molecule has 0 aromatic carbocycles. The van der Waals surface area contributed by atoms with Crippen LogP contribution >= 0.6 is 0 Å². The highest BCUT2D eigenvalue weighted by atomic mass is 16.5. The Morgan fingerprint density at radius 1 is 0.307 bits per heavy atom. The van der Waals surface area contributed by atoms with E-state index >= 15 is 0 Å². The van der Waals surface area contributed by atoms with Gasteiger partial charge in [0, 0.05) is 12.8 Å². The van der Waals surface area contributed by atoms with Gasteiger partial charge in [-0.3, -0.25) is 9.59 Å². The molecule has 0 aromatic heterocycles. The third-order valence-electron chi connectivity index (χ3n) is 19.6. The molecule has 0 aromatic rings. The summed E-state index contributed by atoms with van der Waals surface area (Å²) in [6.45, 7) is 5.01. The minimum absolute atomic E-state index is 0.0255. The molecule has 0 aliphatic heterocycles. The van der Waals surface area contributed by atoms with Crippen molar-refractivity contribution in [2.45, 2.75) is 488 Å². The van der Waals surface area contributed by atoms with Gasteiger partial charge in [0.15, 0.2) is 0 Å². The van der Waals surface area contributed by atoms with E-state index in [0.717, 1.165) is 38.5 Å². The topological polar surface area (TPSA) is 95.9 Å². The van der Waals surface area contributed by atoms with Crippen LogP contribution in [0.25, 0.3) is 0 Å². The zero-order valence-corrected chi connectivity index (χ0v) is 60.3. The van der Waals surface area contributed by atoms with Crippen molar-refractivity contribution in [2.24, 2.45) is 0 Å². The van der Waals surface area contributed by atoms with Crippen LogP contribution in [0.5, 0.6) is 0 Å². The summed E-state index contributed by atoms with van der Waals surface area (Å²) in [6.07, 6.45) is 99.0. The second-order valence-electron chi connectivity index (χ2n) is 28.5. The Labute approximate surface area is 552 Å². The van der Waals surface area contributed by atoms with Crippen molar-refractivity contribution in [3.05, 3.63) is 12.2 Å². The average Bonchev–Trinajstić information content (AvgIpc) is 3.56. The molecule has 0 spiro atoms. The summed E-state index contributed by atoms with van der Waals surface area (Å²) in [7, 11) is 0. The fraction of sp³-hybridized carbons (Fsp3) is 0.951. The highest BCUT2D eigenvalue weighted by Gasteiger charge is 2.20. The molecule has 0 fully saturated rings. The van der Waals surface area contributed by atoms with Crippen LogP contribution in [0.3, 0.4) is 0 Å². The Hall–Kier alpha value is -1.40. The lowest BCUT2D eigenvalue weighted by Crippen LogP contribution is -2.45. The fourth-order valence-electron chi connectivity index (χ4n) is 13.3. The quantitative estimate of drug-likeness (QED) is 0.0320. The van der Waals surface area contributed by atoms with E-state index in [0.29, 0.717) is 25.9 Å². The number of amides is 1. The molecule has 0 radical (unpaired) electrons. The Morgan fingerprint density at radius 2 is 0.534 bits per heavy atom. The zero-order valence-electron chi connectivity index (χ0n) is 60.3. The molecule has 0 saturated carbocycles. The highest BCUT2D eigenvalue weighted by molar-refractivity contribution is 5.76. The van der Waals surface area contributed by atoms with E-state index in [4.69, 9.17) is 4.74 Å². The fourth-order valence-corrected chi connectivity index (χ4v) is 13.3. The lowest BCUT2D eigenvalue weighted by Gasteiger charge is -2.22. The Kier molecular flexibility index (Phi) is 76.8. The normalized spacial score (nSPS) is 12.5. The molecule has 2 unspecified atom stereocenters. The molecule has 0 aliphatic carbocycles. The number of nitrogens with one attached hydrogen (secondary N) is 1. The van der Waals surface area contributed by atoms with Crippen molar-refractivity contribution in [2.75, 3.05) is 13.2 Å². The van der Waals surface area contributed by atoms with Crippen LogP contribution < -0.4 is 5.32 Å². The summed E-state index contributed by atoms with van der Waals surface area (Å²) in [5.41, 5.74) is 0. The number of ether oxygens (including phenoxy) is 1. The second kappa shape index (κ2) is 78.0. The maximum atomic E-state index is 12.6. The molecule has 0 rings (SSSR count). The van der Waals surface area contributed by atoms with Crippen molar-refractivity contribution in [1.29, 1.82) is 0 Å². The first kappa shape index (κ1) is 86.6. The molecule has 1 amide bonds. The summed E-state index contributed by atoms with van der Waals surface area (Å²) < 4.78 is 5.50. The number of esters is 1. The van der Waals surface area contributed by atoms with Crippen LogP contribution in [0.1, 0.15) is 476 Å². The molecule has 88 heavy (non-hydrogen) atoms. The van der Waals surface area contributed by atoms with Crippen molar-refractivity contribution in [3.63, 3.8) is 0 Å². The number of aliphatic hydroxyl groups is 2. The smallest absolute Gasteiger partial charge is 0.305 e. The van der Waals surface area contributed by atoms with Gasteiger partial charge in [-0.05, 0) is 51.4 Å². The third kappa shape index (κ3) is 73.6. The molecule has 0 aliphatic rings. The SMILES string of the molecule is CCCCCCCCCCCCCCCCCCCCC(O)C(CO)NC(=O)CCCCCCCCCCCCCCCCCCC/C=C\CCCCCCCCCCCCCCCCCCCCOC(=O)CCCCCCCCCCCCCCCC. The number of carbonyl (C=O) groups excluding carboxylic acids is 2. The molecule has 2 atom stereocenters. The number of carbonyl (C=O) groups is 2. The zero-order chi connectivity index (χ0) is 63.5. The van der Waals surface area contributed by atoms with E-state index in [1.807, 2.05) is 0 Å². The summed E-state index contributed by atoms with van der Waals surface area (Å²) in [6, 6.07) is -0.538. The largest absolute Gasteiger partial charge is 0.466 e. The second-order valence-corrected chi connectivity index (χ2v) is 28.5. The Morgan fingerprint density at radius 3 is 0.807 bits per heavy atom. The van der Waals surface area contributed by atoms with Gasteiger partial charge in [-0.1, -0.05) is 424 Å². The number of aliphatic hydroxyl groups excluding tert-OH is 2. The van der Waals surface area contributed by atoms with Crippen LogP contribution in [0.2, 0.25) is 0 Å². The van der Waals surface area contributed by atoms with Gasteiger partial charge >= 0.3 is 5.97 Å². The predicted molar refractivity (Wildman–Crippen MR) is 389 cm³/mol. The molecule has 0 bridgehead atoms. The number of unbranched alkanes of at least 4 members (excludes halogenated alkanes) is 65. The molecule has 524 valence electrons. The maximum absolute atomic E-state index is 12.6. The molecule has 6 nitrogen and oxygen atoms in total. The standard InChI is InChI=1S/C82H161NO5/c1-3-5-7-9-11-13-15-17-19-20-44-47-50-54-58-62-66-70-74-80(85)79(78-84)83-81(86)75-71-67-63-59-55-51-48-45-42-40-38-36-34-32-30-28-26-24-22-21-23-25-27-29-31-33-35-37-39-41-43-46-49-53-57-61-65-69-73-77-88-82(87)76-72-68-64-60-56-52-18-16-14-12-10-8-6-4-2/h21-22,79-80,84-85H,3-20,23-78H2,1-2H3,(H,83,86)/b22-21-. The molecule has 6 heteroatoms. The van der Waals surface area contributed by atoms with E-state index in [1.54, 1.807) is 0 Å². The number of hydrogen-bond acceptors (Lipinski definition) is 5. The van der Waals surface area contributed by atoms with Gasteiger partial charge in [-0.2, -0.15) is 0 Å². The van der Waals surface area contributed by atoms with Crippen LogP contribution in [0.4, 0.5) is 0 Å². The van der Waals surface area contributed by atoms with Gasteiger partial charge in [-0.25, -0.2) is 0 Å². The monoisotopic (exact) mass is 1240 g/mol. The van der Waals surface area contributed by atoms with E-state index in [2.05, 4.69) is 31.3 Å². The first-order valence-corrected chi connectivity index (χ1v) is 40.9. The average molecular weight is 1240 g/mol. The van der Waals surface area contributed by atoms with Gasteiger partial charge in [0.25, 0.3) is 0 Å². The van der Waals surface area contributed by atoms with Gasteiger partial charge in [0.05, 0.1) is 25.4 Å². The van der Waals surface area contributed by atoms with E-state index in [1.165, 1.54) is 405 Å². The first-order valence-electron chi connectivity index (χ1n) is 40.9. The van der Waals surface area contributed by atoms with Crippen LogP contribution in [-0.2, 0) is 14.3 Å². The van der Waals surface area contributed by atoms with Crippen molar-refractivity contribution >= 4 is 11.9 Å². The maximum Gasteiger partial charge on any atom is 0.305 e. The molecular formula is C82H161NO5.